The van der Waals surface area contributed by atoms with Gasteiger partial charge in [0.25, 0.3) is 0 Å². The molecule has 0 spiro atoms. The lowest BCUT2D eigenvalue weighted by Gasteiger charge is -2.07. The second kappa shape index (κ2) is 10.8. The van der Waals surface area contributed by atoms with Gasteiger partial charge in [-0.3, -0.25) is 4.89 Å². The van der Waals surface area contributed by atoms with E-state index in [1.54, 1.807) is 18.3 Å². The van der Waals surface area contributed by atoms with E-state index in [0.717, 1.165) is 40.5 Å². The van der Waals surface area contributed by atoms with Gasteiger partial charge in [-0.25, -0.2) is 9.78 Å². The van der Waals surface area contributed by atoms with Gasteiger partial charge in [-0.05, 0) is 62.3 Å². The Bertz CT molecular complexity index is 887. The van der Waals surface area contributed by atoms with E-state index in [2.05, 4.69) is 14.8 Å². The molecule has 0 bridgehead atoms. The maximum Gasteiger partial charge on any atom is 0.342 e. The Kier molecular flexibility index (Phi) is 7.84. The molecule has 2 heterocycles. The van der Waals surface area contributed by atoms with E-state index < -0.39 is 0 Å². The fraction of sp³-hybridized carbons (Fsp3) is 0.364. The molecule has 0 aliphatic heterocycles. The lowest BCUT2D eigenvalue weighted by atomic mass is 10.1. The molecule has 0 N–H and O–H groups in total. The monoisotopic (exact) mass is 415 g/mol. The van der Waals surface area contributed by atoms with Crippen molar-refractivity contribution < 1.29 is 23.7 Å². The first-order chi connectivity index (χ1) is 14.2. The number of benzene rings is 1. The Morgan fingerprint density at radius 2 is 2.00 bits per heavy atom. The Morgan fingerprint density at radius 1 is 1.17 bits per heavy atom. The third-order valence-corrected chi connectivity index (χ3v) is 5.12. The molecule has 0 radical (unpaired) electrons. The number of hydrogen-bond acceptors (Lipinski definition) is 7. The normalized spacial score (nSPS) is 10.8. The first-order valence-corrected chi connectivity index (χ1v) is 10.6. The topological polar surface area (TPSA) is 70.8 Å². The van der Waals surface area contributed by atoms with Crippen LogP contribution in [0.3, 0.4) is 0 Å². The molecule has 0 unspecified atom stereocenters. The molecule has 0 aliphatic rings. The summed E-state index contributed by atoms with van der Waals surface area (Å²) in [6.07, 6.45) is 2.54. The minimum Gasteiger partial charge on any atom is -0.494 e. The first kappa shape index (κ1) is 21.1. The van der Waals surface area contributed by atoms with Crippen molar-refractivity contribution in [2.75, 3.05) is 13.2 Å². The molecule has 29 heavy (non-hydrogen) atoms. The number of carbonyl (C=O) groups is 1. The van der Waals surface area contributed by atoms with Gasteiger partial charge in [-0.1, -0.05) is 18.2 Å². The summed E-state index contributed by atoms with van der Waals surface area (Å²) in [4.78, 5) is 26.3. The summed E-state index contributed by atoms with van der Waals surface area (Å²) < 4.78 is 11.6. The van der Waals surface area contributed by atoms with Crippen LogP contribution in [0, 0.1) is 6.92 Å². The van der Waals surface area contributed by atoms with Crippen LogP contribution in [0.25, 0.3) is 10.8 Å². The molecule has 0 amide bonds. The highest BCUT2D eigenvalue weighted by atomic mass is 32.1. The summed E-state index contributed by atoms with van der Waals surface area (Å²) in [6, 6.07) is 11.7. The maximum atomic E-state index is 11.4. The van der Waals surface area contributed by atoms with Gasteiger partial charge in [-0.2, -0.15) is 4.89 Å². The van der Waals surface area contributed by atoms with Crippen molar-refractivity contribution in [2.45, 2.75) is 39.5 Å². The minimum atomic E-state index is -0.363. The number of oxazole rings is 1. The molecule has 0 fully saturated rings. The SMILES string of the molecule is CCOOC(=O)CCc1ccc(OCCCc2nc(-c3cccs3)oc2C)cc1. The molecule has 0 atom stereocenters. The highest BCUT2D eigenvalue weighted by Gasteiger charge is 2.12. The van der Waals surface area contributed by atoms with Crippen LogP contribution in [0.15, 0.2) is 46.2 Å². The smallest absolute Gasteiger partial charge is 0.342 e. The highest BCUT2D eigenvalue weighted by Crippen LogP contribution is 2.26. The molecule has 3 aromatic rings. The molecule has 7 heteroatoms. The Labute approximate surface area is 174 Å². The third kappa shape index (κ3) is 6.44. The van der Waals surface area contributed by atoms with Gasteiger partial charge < -0.3 is 9.15 Å². The fourth-order valence-electron chi connectivity index (χ4n) is 2.76. The van der Waals surface area contributed by atoms with Crippen LogP contribution in [-0.4, -0.2) is 24.2 Å². The Balaban J connectivity index is 1.39. The van der Waals surface area contributed by atoms with Crippen LogP contribution < -0.4 is 4.74 Å². The third-order valence-electron chi connectivity index (χ3n) is 4.26. The Morgan fingerprint density at radius 3 is 2.72 bits per heavy atom. The first-order valence-electron chi connectivity index (χ1n) is 9.70. The predicted octanol–water partition coefficient (Wildman–Crippen LogP) is 5.15. The van der Waals surface area contributed by atoms with Crippen molar-refractivity contribution in [1.29, 1.82) is 0 Å². The summed E-state index contributed by atoms with van der Waals surface area (Å²) in [6.45, 7) is 4.66. The van der Waals surface area contributed by atoms with Gasteiger partial charge in [0.2, 0.25) is 5.89 Å². The van der Waals surface area contributed by atoms with Crippen LogP contribution in [0.4, 0.5) is 0 Å². The van der Waals surface area contributed by atoms with Crippen molar-refractivity contribution in [3.8, 4) is 16.5 Å². The molecule has 154 valence electrons. The second-order valence-corrected chi connectivity index (χ2v) is 7.40. The lowest BCUT2D eigenvalue weighted by molar-refractivity contribution is -0.269. The predicted molar refractivity (Wildman–Crippen MR) is 111 cm³/mol. The van der Waals surface area contributed by atoms with Crippen molar-refractivity contribution in [3.63, 3.8) is 0 Å². The number of thiophene rings is 1. The molecule has 6 nitrogen and oxygen atoms in total. The average Bonchev–Trinajstić information content (AvgIpc) is 3.39. The Hall–Kier alpha value is -2.64. The number of aryl methyl sites for hydroxylation is 3. The summed E-state index contributed by atoms with van der Waals surface area (Å²) >= 11 is 1.62. The van der Waals surface area contributed by atoms with E-state index in [1.807, 2.05) is 48.7 Å². The zero-order chi connectivity index (χ0) is 20.5. The van der Waals surface area contributed by atoms with Gasteiger partial charge in [-0.15, -0.1) is 11.3 Å². The number of hydrogen-bond donors (Lipinski definition) is 0. The van der Waals surface area contributed by atoms with E-state index in [-0.39, 0.29) is 12.4 Å². The molecule has 0 saturated carbocycles. The van der Waals surface area contributed by atoms with Gasteiger partial charge in [0.1, 0.15) is 11.5 Å². The van der Waals surface area contributed by atoms with Gasteiger partial charge in [0.05, 0.1) is 30.2 Å². The lowest BCUT2D eigenvalue weighted by Crippen LogP contribution is -2.06. The quantitative estimate of drug-likeness (QED) is 0.245. The maximum absolute atomic E-state index is 11.4. The molecule has 3 rings (SSSR count). The standard InChI is InChI=1S/C22H25NO5S/c1-3-26-28-21(24)13-10-17-8-11-18(12-9-17)25-14-4-6-19-16(2)27-22(23-19)20-7-5-15-29-20/h5,7-9,11-12,15H,3-4,6,10,13-14H2,1-2H3. The number of aromatic nitrogens is 1. The van der Waals surface area contributed by atoms with Crippen LogP contribution in [0.2, 0.25) is 0 Å². The molecule has 2 aromatic heterocycles. The minimum absolute atomic E-state index is 0.282. The average molecular weight is 416 g/mol. The number of rotatable bonds is 11. The number of nitrogens with zero attached hydrogens (tertiary/aromatic N) is 1. The van der Waals surface area contributed by atoms with E-state index in [9.17, 15) is 4.79 Å². The van der Waals surface area contributed by atoms with Gasteiger partial charge in [0.15, 0.2) is 0 Å². The number of ether oxygens (including phenoxy) is 1. The van der Waals surface area contributed by atoms with Crippen molar-refractivity contribution in [3.05, 3.63) is 58.8 Å². The summed E-state index contributed by atoms with van der Waals surface area (Å²) in [5, 5.41) is 2.01. The zero-order valence-electron chi connectivity index (χ0n) is 16.7. The van der Waals surface area contributed by atoms with Gasteiger partial charge in [0, 0.05) is 0 Å². The molecule has 0 saturated heterocycles. The van der Waals surface area contributed by atoms with E-state index in [1.165, 1.54) is 0 Å². The van der Waals surface area contributed by atoms with Crippen LogP contribution in [-0.2, 0) is 27.4 Å². The highest BCUT2D eigenvalue weighted by molar-refractivity contribution is 7.13. The van der Waals surface area contributed by atoms with Crippen LogP contribution in [0.5, 0.6) is 5.75 Å². The van der Waals surface area contributed by atoms with Crippen molar-refractivity contribution >= 4 is 17.3 Å². The van der Waals surface area contributed by atoms with E-state index in [0.29, 0.717) is 25.5 Å². The molecule has 1 aromatic carbocycles. The van der Waals surface area contributed by atoms with Crippen molar-refractivity contribution in [2.24, 2.45) is 0 Å². The summed E-state index contributed by atoms with van der Waals surface area (Å²) in [5.74, 6) is 1.99. The molecular formula is C22H25NO5S. The zero-order valence-corrected chi connectivity index (χ0v) is 17.5. The fourth-order valence-corrected chi connectivity index (χ4v) is 3.41. The van der Waals surface area contributed by atoms with Crippen LogP contribution >= 0.6 is 11.3 Å². The second-order valence-electron chi connectivity index (χ2n) is 6.46. The summed E-state index contributed by atoms with van der Waals surface area (Å²) in [7, 11) is 0. The van der Waals surface area contributed by atoms with Crippen molar-refractivity contribution in [1.82, 2.24) is 4.98 Å². The van der Waals surface area contributed by atoms with Crippen LogP contribution in [0.1, 0.15) is 36.8 Å². The molecular weight excluding hydrogens is 390 g/mol. The van der Waals surface area contributed by atoms with E-state index >= 15 is 0 Å². The summed E-state index contributed by atoms with van der Waals surface area (Å²) in [5.41, 5.74) is 2.02. The van der Waals surface area contributed by atoms with E-state index in [4.69, 9.17) is 9.15 Å². The molecule has 0 aliphatic carbocycles. The number of carbonyl (C=O) groups excluding carboxylic acids is 1. The van der Waals surface area contributed by atoms with Gasteiger partial charge >= 0.3 is 5.97 Å². The largest absolute Gasteiger partial charge is 0.494 e.